The van der Waals surface area contributed by atoms with Gasteiger partial charge in [0.15, 0.2) is 5.82 Å². The van der Waals surface area contributed by atoms with Gasteiger partial charge in [-0.25, -0.2) is 0 Å². The number of benzene rings is 1. The SMILES string of the molecule is Cc1nnc(N2CCCN(Cc3ccc(C#N)cc3)CC2)c(C#N)c1C. The van der Waals surface area contributed by atoms with E-state index in [4.69, 9.17) is 5.26 Å². The van der Waals surface area contributed by atoms with Crippen molar-refractivity contribution in [2.75, 3.05) is 31.1 Å². The van der Waals surface area contributed by atoms with E-state index in [0.29, 0.717) is 16.9 Å². The highest BCUT2D eigenvalue weighted by Crippen LogP contribution is 2.22. The summed E-state index contributed by atoms with van der Waals surface area (Å²) in [5.41, 5.74) is 4.26. The van der Waals surface area contributed by atoms with Crippen molar-refractivity contribution >= 4 is 5.82 Å². The van der Waals surface area contributed by atoms with E-state index in [-0.39, 0.29) is 0 Å². The maximum Gasteiger partial charge on any atom is 0.169 e. The van der Waals surface area contributed by atoms with Gasteiger partial charge in [0, 0.05) is 32.7 Å². The topological polar surface area (TPSA) is 79.8 Å². The number of anilines is 1. The minimum atomic E-state index is 0.637. The summed E-state index contributed by atoms with van der Waals surface area (Å²) in [5, 5.41) is 27.0. The predicted molar refractivity (Wildman–Crippen MR) is 99.5 cm³/mol. The maximum absolute atomic E-state index is 9.54. The van der Waals surface area contributed by atoms with E-state index in [1.807, 2.05) is 38.1 Å². The molecule has 2 heterocycles. The summed E-state index contributed by atoms with van der Waals surface area (Å²) in [6.45, 7) is 8.27. The molecule has 2 aromatic rings. The quantitative estimate of drug-likeness (QED) is 0.850. The van der Waals surface area contributed by atoms with Crippen LogP contribution in [0.25, 0.3) is 0 Å². The molecule has 6 heteroatoms. The minimum absolute atomic E-state index is 0.637. The van der Waals surface area contributed by atoms with Gasteiger partial charge in [-0.3, -0.25) is 4.90 Å². The van der Waals surface area contributed by atoms with Crippen molar-refractivity contribution in [3.8, 4) is 12.1 Å². The number of nitrogens with zero attached hydrogens (tertiary/aromatic N) is 6. The van der Waals surface area contributed by atoms with E-state index in [1.165, 1.54) is 5.56 Å². The average Bonchev–Trinajstić information content (AvgIpc) is 2.90. The number of aromatic nitrogens is 2. The second-order valence-electron chi connectivity index (χ2n) is 6.65. The second-order valence-corrected chi connectivity index (χ2v) is 6.65. The predicted octanol–water partition coefficient (Wildman–Crippen LogP) is 2.55. The highest BCUT2D eigenvalue weighted by molar-refractivity contribution is 5.57. The monoisotopic (exact) mass is 346 g/mol. The van der Waals surface area contributed by atoms with Crippen LogP contribution in [-0.4, -0.2) is 41.3 Å². The first-order chi connectivity index (χ1) is 12.6. The van der Waals surface area contributed by atoms with Gasteiger partial charge in [-0.2, -0.15) is 15.6 Å². The summed E-state index contributed by atoms with van der Waals surface area (Å²) in [4.78, 5) is 4.58. The van der Waals surface area contributed by atoms with Crippen LogP contribution in [-0.2, 0) is 6.54 Å². The molecule has 0 N–H and O–H groups in total. The Kier molecular flexibility index (Phi) is 5.46. The lowest BCUT2D eigenvalue weighted by Gasteiger charge is -2.23. The van der Waals surface area contributed by atoms with Crippen LogP contribution >= 0.6 is 0 Å². The van der Waals surface area contributed by atoms with Crippen molar-refractivity contribution in [2.45, 2.75) is 26.8 Å². The molecule has 132 valence electrons. The summed E-state index contributed by atoms with van der Waals surface area (Å²) in [5.74, 6) is 0.704. The summed E-state index contributed by atoms with van der Waals surface area (Å²) >= 11 is 0. The maximum atomic E-state index is 9.54. The molecule has 26 heavy (non-hydrogen) atoms. The zero-order chi connectivity index (χ0) is 18.5. The molecule has 6 nitrogen and oxygen atoms in total. The van der Waals surface area contributed by atoms with E-state index in [0.717, 1.165) is 50.4 Å². The number of rotatable bonds is 3. The zero-order valence-corrected chi connectivity index (χ0v) is 15.2. The Balaban J connectivity index is 1.70. The summed E-state index contributed by atoms with van der Waals surface area (Å²) < 4.78 is 0. The molecule has 1 aliphatic rings. The fourth-order valence-electron chi connectivity index (χ4n) is 3.23. The Morgan fingerprint density at radius 1 is 0.962 bits per heavy atom. The molecular formula is C20H22N6. The Bertz CT molecular complexity index is 860. The highest BCUT2D eigenvalue weighted by Gasteiger charge is 2.21. The third kappa shape index (κ3) is 3.82. The number of nitriles is 2. The molecule has 0 radical (unpaired) electrons. The summed E-state index contributed by atoms with van der Waals surface area (Å²) in [7, 11) is 0. The van der Waals surface area contributed by atoms with Crippen molar-refractivity contribution < 1.29 is 0 Å². The molecular weight excluding hydrogens is 324 g/mol. The normalized spacial score (nSPS) is 15.2. The molecule has 0 spiro atoms. The molecule has 0 atom stereocenters. The molecule has 1 aromatic heterocycles. The van der Waals surface area contributed by atoms with Gasteiger partial charge in [0.1, 0.15) is 11.6 Å². The zero-order valence-electron chi connectivity index (χ0n) is 15.2. The smallest absolute Gasteiger partial charge is 0.169 e. The van der Waals surface area contributed by atoms with E-state index in [2.05, 4.69) is 32.1 Å². The molecule has 0 bridgehead atoms. The van der Waals surface area contributed by atoms with Gasteiger partial charge in [-0.05, 0) is 43.5 Å². The van der Waals surface area contributed by atoms with Crippen LogP contribution in [0.2, 0.25) is 0 Å². The van der Waals surface area contributed by atoms with Crippen molar-refractivity contribution in [2.24, 2.45) is 0 Å². The first-order valence-corrected chi connectivity index (χ1v) is 8.82. The van der Waals surface area contributed by atoms with Gasteiger partial charge in [-0.15, -0.1) is 5.10 Å². The van der Waals surface area contributed by atoms with E-state index in [1.54, 1.807) is 0 Å². The first kappa shape index (κ1) is 17.8. The van der Waals surface area contributed by atoms with Crippen LogP contribution in [0.1, 0.15) is 34.4 Å². The molecule has 0 saturated carbocycles. The Hall–Kier alpha value is -2.96. The van der Waals surface area contributed by atoms with Gasteiger partial charge in [0.25, 0.3) is 0 Å². The van der Waals surface area contributed by atoms with E-state index in [9.17, 15) is 5.26 Å². The molecule has 0 amide bonds. The Morgan fingerprint density at radius 2 is 1.73 bits per heavy atom. The fraction of sp³-hybridized carbons (Fsp3) is 0.400. The standard InChI is InChI=1S/C20H22N6/c1-15-16(2)23-24-20(19(15)13-22)26-9-3-8-25(10-11-26)14-18-6-4-17(12-21)5-7-18/h4-7H,3,8-11,14H2,1-2H3. The lowest BCUT2D eigenvalue weighted by Crippen LogP contribution is -2.31. The second kappa shape index (κ2) is 7.95. The number of aryl methyl sites for hydroxylation is 1. The van der Waals surface area contributed by atoms with Crippen LogP contribution in [0, 0.1) is 36.5 Å². The van der Waals surface area contributed by atoms with Gasteiger partial charge in [0.2, 0.25) is 0 Å². The lowest BCUT2D eigenvalue weighted by molar-refractivity contribution is 0.285. The molecule has 1 fully saturated rings. The molecule has 1 aliphatic heterocycles. The summed E-state index contributed by atoms with van der Waals surface area (Å²) in [6.07, 6.45) is 1.01. The molecule has 1 saturated heterocycles. The van der Waals surface area contributed by atoms with Crippen LogP contribution < -0.4 is 4.90 Å². The van der Waals surface area contributed by atoms with Crippen molar-refractivity contribution in [3.05, 3.63) is 52.2 Å². The Labute approximate surface area is 154 Å². The largest absolute Gasteiger partial charge is 0.353 e. The molecule has 0 aliphatic carbocycles. The van der Waals surface area contributed by atoms with Crippen LogP contribution in [0.3, 0.4) is 0 Å². The van der Waals surface area contributed by atoms with Crippen LogP contribution in [0.4, 0.5) is 5.82 Å². The summed E-state index contributed by atoms with van der Waals surface area (Å²) in [6, 6.07) is 12.2. The lowest BCUT2D eigenvalue weighted by atomic mass is 10.1. The number of hydrogen-bond donors (Lipinski definition) is 0. The third-order valence-corrected chi connectivity index (χ3v) is 4.93. The van der Waals surface area contributed by atoms with Crippen molar-refractivity contribution in [3.63, 3.8) is 0 Å². The van der Waals surface area contributed by atoms with E-state index < -0.39 is 0 Å². The average molecular weight is 346 g/mol. The van der Waals surface area contributed by atoms with Gasteiger partial charge in [0.05, 0.1) is 17.3 Å². The molecule has 3 rings (SSSR count). The minimum Gasteiger partial charge on any atom is -0.353 e. The van der Waals surface area contributed by atoms with Gasteiger partial charge >= 0.3 is 0 Å². The van der Waals surface area contributed by atoms with Crippen molar-refractivity contribution in [1.82, 2.24) is 15.1 Å². The number of hydrogen-bond acceptors (Lipinski definition) is 6. The highest BCUT2D eigenvalue weighted by atomic mass is 15.3. The van der Waals surface area contributed by atoms with Gasteiger partial charge in [-0.1, -0.05) is 12.1 Å². The van der Waals surface area contributed by atoms with E-state index >= 15 is 0 Å². The van der Waals surface area contributed by atoms with Crippen molar-refractivity contribution in [1.29, 1.82) is 10.5 Å². The van der Waals surface area contributed by atoms with Gasteiger partial charge < -0.3 is 4.90 Å². The Morgan fingerprint density at radius 3 is 2.42 bits per heavy atom. The van der Waals surface area contributed by atoms with Crippen LogP contribution in [0.5, 0.6) is 0 Å². The molecule has 0 unspecified atom stereocenters. The third-order valence-electron chi connectivity index (χ3n) is 4.93. The fourth-order valence-corrected chi connectivity index (χ4v) is 3.23. The first-order valence-electron chi connectivity index (χ1n) is 8.82. The van der Waals surface area contributed by atoms with Crippen LogP contribution in [0.15, 0.2) is 24.3 Å². The molecule has 1 aromatic carbocycles.